The molecule has 2 aromatic carbocycles. The Labute approximate surface area is 172 Å². The van der Waals surface area contributed by atoms with Crippen molar-refractivity contribution in [1.82, 2.24) is 4.90 Å². The SMILES string of the molecule is C[C@H]1C[C@@H](CC=O)N(C(=O)OCc2ccccc2)[C@H](COCc2ccccc2)C1. The Hall–Kier alpha value is -2.66. The second kappa shape index (κ2) is 10.8. The van der Waals surface area contributed by atoms with E-state index in [9.17, 15) is 9.59 Å². The first kappa shape index (κ1) is 21.1. The highest BCUT2D eigenvalue weighted by Crippen LogP contribution is 2.30. The number of ether oxygens (including phenoxy) is 2. The van der Waals surface area contributed by atoms with Crippen LogP contribution < -0.4 is 0 Å². The standard InChI is InChI=1S/C24H29NO4/c1-19-14-22(12-13-26)25(24(27)29-17-21-10-6-3-7-11-21)23(15-19)18-28-16-20-8-4-2-5-9-20/h2-11,13,19,22-23H,12,14-18H2,1H3/t19-,22+,23-/m0/s1. The van der Waals surface area contributed by atoms with Crippen LogP contribution in [0.5, 0.6) is 0 Å². The zero-order valence-electron chi connectivity index (χ0n) is 16.9. The Kier molecular flexibility index (Phi) is 7.82. The molecule has 5 nitrogen and oxygen atoms in total. The molecule has 1 heterocycles. The van der Waals surface area contributed by atoms with E-state index in [0.29, 0.717) is 25.6 Å². The molecular formula is C24H29NO4. The van der Waals surface area contributed by atoms with Crippen LogP contribution in [-0.2, 0) is 27.5 Å². The van der Waals surface area contributed by atoms with Crippen molar-refractivity contribution in [3.05, 3.63) is 71.8 Å². The van der Waals surface area contributed by atoms with Crippen molar-refractivity contribution in [1.29, 1.82) is 0 Å². The van der Waals surface area contributed by atoms with Gasteiger partial charge in [-0.25, -0.2) is 4.79 Å². The Morgan fingerprint density at radius 3 is 2.17 bits per heavy atom. The smallest absolute Gasteiger partial charge is 0.410 e. The molecule has 0 saturated carbocycles. The average Bonchev–Trinajstić information content (AvgIpc) is 2.74. The fraction of sp³-hybridized carbons (Fsp3) is 0.417. The molecule has 154 valence electrons. The fourth-order valence-corrected chi connectivity index (χ4v) is 4.00. The minimum absolute atomic E-state index is 0.101. The molecule has 0 aliphatic carbocycles. The van der Waals surface area contributed by atoms with Crippen LogP contribution in [0.2, 0.25) is 0 Å². The molecule has 5 heteroatoms. The van der Waals surface area contributed by atoms with E-state index in [1.165, 1.54) is 0 Å². The first-order valence-corrected chi connectivity index (χ1v) is 10.2. The van der Waals surface area contributed by atoms with E-state index >= 15 is 0 Å². The highest BCUT2D eigenvalue weighted by Gasteiger charge is 2.38. The third-order valence-electron chi connectivity index (χ3n) is 5.34. The van der Waals surface area contributed by atoms with Gasteiger partial charge in [0.2, 0.25) is 0 Å². The lowest BCUT2D eigenvalue weighted by Gasteiger charge is -2.43. The summed E-state index contributed by atoms with van der Waals surface area (Å²) < 4.78 is 11.5. The van der Waals surface area contributed by atoms with Gasteiger partial charge in [0, 0.05) is 12.5 Å². The molecule has 0 aromatic heterocycles. The van der Waals surface area contributed by atoms with Gasteiger partial charge >= 0.3 is 6.09 Å². The predicted octanol–water partition coefficient (Wildman–Crippen LogP) is 4.60. The third-order valence-corrected chi connectivity index (χ3v) is 5.34. The highest BCUT2D eigenvalue weighted by atomic mass is 16.6. The topological polar surface area (TPSA) is 55.8 Å². The molecular weight excluding hydrogens is 366 g/mol. The van der Waals surface area contributed by atoms with Crippen molar-refractivity contribution in [3.8, 4) is 0 Å². The molecule has 3 rings (SSSR count). The molecule has 1 amide bonds. The Bertz CT molecular complexity index is 765. The molecule has 0 spiro atoms. The zero-order valence-corrected chi connectivity index (χ0v) is 16.9. The molecule has 0 unspecified atom stereocenters. The normalized spacial score (nSPS) is 21.6. The van der Waals surface area contributed by atoms with Crippen molar-refractivity contribution in [2.45, 2.75) is 51.5 Å². The van der Waals surface area contributed by atoms with Crippen LogP contribution in [0.4, 0.5) is 4.79 Å². The minimum Gasteiger partial charge on any atom is -0.445 e. The number of hydrogen-bond acceptors (Lipinski definition) is 4. The lowest BCUT2D eigenvalue weighted by Crippen LogP contribution is -2.54. The van der Waals surface area contributed by atoms with Crippen LogP contribution in [0, 0.1) is 5.92 Å². The van der Waals surface area contributed by atoms with E-state index in [4.69, 9.17) is 9.47 Å². The number of rotatable bonds is 8. The number of nitrogens with zero attached hydrogens (tertiary/aromatic N) is 1. The van der Waals surface area contributed by atoms with Crippen LogP contribution in [0.3, 0.4) is 0 Å². The number of hydrogen-bond donors (Lipinski definition) is 0. The van der Waals surface area contributed by atoms with Gasteiger partial charge in [0.05, 0.1) is 19.3 Å². The Morgan fingerprint density at radius 2 is 1.55 bits per heavy atom. The summed E-state index contributed by atoms with van der Waals surface area (Å²) in [5.41, 5.74) is 2.04. The van der Waals surface area contributed by atoms with E-state index in [2.05, 4.69) is 6.92 Å². The lowest BCUT2D eigenvalue weighted by atomic mass is 9.86. The molecule has 3 atom stereocenters. The molecule has 29 heavy (non-hydrogen) atoms. The van der Waals surface area contributed by atoms with Crippen LogP contribution in [-0.4, -0.2) is 36.0 Å². The largest absolute Gasteiger partial charge is 0.445 e. The Morgan fingerprint density at radius 1 is 0.966 bits per heavy atom. The van der Waals surface area contributed by atoms with Crippen LogP contribution >= 0.6 is 0 Å². The van der Waals surface area contributed by atoms with Gasteiger partial charge in [0.15, 0.2) is 0 Å². The maximum atomic E-state index is 12.9. The lowest BCUT2D eigenvalue weighted by molar-refractivity contribution is -0.109. The first-order valence-electron chi connectivity index (χ1n) is 10.2. The minimum atomic E-state index is -0.374. The van der Waals surface area contributed by atoms with Crippen LogP contribution in [0.25, 0.3) is 0 Å². The van der Waals surface area contributed by atoms with Gasteiger partial charge in [-0.3, -0.25) is 4.90 Å². The number of carbonyl (C=O) groups excluding carboxylic acids is 2. The Balaban J connectivity index is 1.64. The summed E-state index contributed by atoms with van der Waals surface area (Å²) >= 11 is 0. The summed E-state index contributed by atoms with van der Waals surface area (Å²) in [6, 6.07) is 19.3. The molecule has 1 fully saturated rings. The molecule has 0 radical (unpaired) electrons. The summed E-state index contributed by atoms with van der Waals surface area (Å²) in [7, 11) is 0. The maximum absolute atomic E-state index is 12.9. The van der Waals surface area contributed by atoms with Crippen molar-refractivity contribution in [2.75, 3.05) is 6.61 Å². The summed E-state index contributed by atoms with van der Waals surface area (Å²) in [5.74, 6) is 0.420. The van der Waals surface area contributed by atoms with E-state index in [0.717, 1.165) is 30.3 Å². The van der Waals surface area contributed by atoms with Crippen LogP contribution in [0.1, 0.15) is 37.3 Å². The van der Waals surface area contributed by atoms with Crippen molar-refractivity contribution >= 4 is 12.4 Å². The fourth-order valence-electron chi connectivity index (χ4n) is 4.00. The number of amides is 1. The molecule has 1 aliphatic heterocycles. The third kappa shape index (κ3) is 6.16. The first-order chi connectivity index (χ1) is 14.2. The summed E-state index contributed by atoms with van der Waals surface area (Å²) in [6.07, 6.45) is 2.47. The molecule has 0 N–H and O–H groups in total. The van der Waals surface area contributed by atoms with Crippen molar-refractivity contribution < 1.29 is 19.1 Å². The average molecular weight is 395 g/mol. The van der Waals surface area contributed by atoms with Gasteiger partial charge in [-0.2, -0.15) is 0 Å². The van der Waals surface area contributed by atoms with Gasteiger partial charge < -0.3 is 14.3 Å². The number of likely N-dealkylation sites (tertiary alicyclic amines) is 1. The summed E-state index contributed by atoms with van der Waals surface area (Å²) in [5, 5.41) is 0. The number of aldehydes is 1. The van der Waals surface area contributed by atoms with Gasteiger partial charge in [-0.15, -0.1) is 0 Å². The molecule has 1 saturated heterocycles. The van der Waals surface area contributed by atoms with E-state index in [1.807, 2.05) is 60.7 Å². The number of piperidine rings is 1. The predicted molar refractivity (Wildman–Crippen MR) is 111 cm³/mol. The van der Waals surface area contributed by atoms with Gasteiger partial charge in [0.1, 0.15) is 12.9 Å². The van der Waals surface area contributed by atoms with Crippen molar-refractivity contribution in [3.63, 3.8) is 0 Å². The van der Waals surface area contributed by atoms with Crippen molar-refractivity contribution in [2.24, 2.45) is 5.92 Å². The maximum Gasteiger partial charge on any atom is 0.410 e. The van der Waals surface area contributed by atoms with E-state index in [1.54, 1.807) is 4.90 Å². The number of benzene rings is 2. The highest BCUT2D eigenvalue weighted by molar-refractivity contribution is 5.69. The quantitative estimate of drug-likeness (QED) is 0.613. The summed E-state index contributed by atoms with van der Waals surface area (Å²) in [4.78, 5) is 25.9. The van der Waals surface area contributed by atoms with Gasteiger partial charge in [0.25, 0.3) is 0 Å². The van der Waals surface area contributed by atoms with E-state index < -0.39 is 0 Å². The monoisotopic (exact) mass is 395 g/mol. The molecule has 0 bridgehead atoms. The molecule has 1 aliphatic rings. The van der Waals surface area contributed by atoms with Gasteiger partial charge in [-0.05, 0) is 29.9 Å². The van der Waals surface area contributed by atoms with Gasteiger partial charge in [-0.1, -0.05) is 67.6 Å². The van der Waals surface area contributed by atoms with Crippen LogP contribution in [0.15, 0.2) is 60.7 Å². The molecule has 2 aromatic rings. The second-order valence-corrected chi connectivity index (χ2v) is 7.73. The zero-order chi connectivity index (χ0) is 20.5. The van der Waals surface area contributed by atoms with E-state index in [-0.39, 0.29) is 24.8 Å². The summed E-state index contributed by atoms with van der Waals surface area (Å²) in [6.45, 7) is 3.30. The number of carbonyl (C=O) groups is 2. The second-order valence-electron chi connectivity index (χ2n) is 7.73.